The Balaban J connectivity index is 2.18. The Morgan fingerprint density at radius 2 is 2.00 bits per heavy atom. The molecular weight excluding hydrogens is 316 g/mol. The second-order valence-corrected chi connectivity index (χ2v) is 5.60. The molecule has 1 aromatic carbocycles. The average Bonchev–Trinajstić information content (AvgIpc) is 2.53. The number of nitrogens with zero attached hydrogens (tertiary/aromatic N) is 2. The number of amides is 3. The molecule has 2 aromatic rings. The molecule has 0 spiro atoms. The summed E-state index contributed by atoms with van der Waals surface area (Å²) >= 11 is 1.13. The summed E-state index contributed by atoms with van der Waals surface area (Å²) < 4.78 is 1.52. The fraction of sp³-hybridized carbons (Fsp3) is 0.333. The van der Waals surface area contributed by atoms with Gasteiger partial charge in [-0.2, -0.15) is 0 Å². The SMILES string of the molecule is CCNC(=O)NC(=O)CSc1nc2ccccc2c(=O)n1CC. The third kappa shape index (κ3) is 4.10. The third-order valence-electron chi connectivity index (χ3n) is 3.07. The molecule has 7 nitrogen and oxygen atoms in total. The lowest BCUT2D eigenvalue weighted by Gasteiger charge is -2.11. The number of carbonyl (C=O) groups excluding carboxylic acids is 2. The first kappa shape index (κ1) is 17.0. The van der Waals surface area contributed by atoms with Crippen molar-refractivity contribution in [2.75, 3.05) is 12.3 Å². The second kappa shape index (κ2) is 7.77. The van der Waals surface area contributed by atoms with Gasteiger partial charge >= 0.3 is 6.03 Å². The third-order valence-corrected chi connectivity index (χ3v) is 4.04. The van der Waals surface area contributed by atoms with E-state index in [9.17, 15) is 14.4 Å². The molecule has 2 rings (SSSR count). The number of urea groups is 1. The highest BCUT2D eigenvalue weighted by Crippen LogP contribution is 2.17. The van der Waals surface area contributed by atoms with Crippen molar-refractivity contribution in [1.29, 1.82) is 0 Å². The highest BCUT2D eigenvalue weighted by Gasteiger charge is 2.13. The zero-order valence-electron chi connectivity index (χ0n) is 13.0. The van der Waals surface area contributed by atoms with Crippen molar-refractivity contribution in [2.24, 2.45) is 0 Å². The highest BCUT2D eigenvalue weighted by atomic mass is 32.2. The van der Waals surface area contributed by atoms with Gasteiger partial charge in [0.1, 0.15) is 0 Å². The molecule has 8 heteroatoms. The quantitative estimate of drug-likeness (QED) is 0.636. The van der Waals surface area contributed by atoms with E-state index in [0.29, 0.717) is 29.1 Å². The Hall–Kier alpha value is -2.35. The van der Waals surface area contributed by atoms with E-state index >= 15 is 0 Å². The van der Waals surface area contributed by atoms with Crippen LogP contribution in [-0.4, -0.2) is 33.8 Å². The predicted molar refractivity (Wildman–Crippen MR) is 89.6 cm³/mol. The van der Waals surface area contributed by atoms with Crippen molar-refractivity contribution in [1.82, 2.24) is 20.2 Å². The summed E-state index contributed by atoms with van der Waals surface area (Å²) in [4.78, 5) is 39.9. The van der Waals surface area contributed by atoms with Crippen molar-refractivity contribution in [3.8, 4) is 0 Å². The predicted octanol–water partition coefficient (Wildman–Crippen LogP) is 1.35. The number of rotatable bonds is 5. The molecule has 0 radical (unpaired) electrons. The van der Waals surface area contributed by atoms with Gasteiger partial charge in [-0.3, -0.25) is 19.5 Å². The smallest absolute Gasteiger partial charge is 0.321 e. The Morgan fingerprint density at radius 1 is 1.26 bits per heavy atom. The van der Waals surface area contributed by atoms with Crippen molar-refractivity contribution in [3.63, 3.8) is 0 Å². The highest BCUT2D eigenvalue weighted by molar-refractivity contribution is 7.99. The van der Waals surface area contributed by atoms with Crippen LogP contribution in [0.3, 0.4) is 0 Å². The minimum absolute atomic E-state index is 0.00190. The largest absolute Gasteiger partial charge is 0.338 e. The fourth-order valence-corrected chi connectivity index (χ4v) is 2.90. The molecular formula is C15H18N4O3S. The molecule has 0 atom stereocenters. The zero-order valence-corrected chi connectivity index (χ0v) is 13.8. The molecule has 0 fully saturated rings. The van der Waals surface area contributed by atoms with E-state index in [4.69, 9.17) is 0 Å². The lowest BCUT2D eigenvalue weighted by atomic mass is 10.2. The number of para-hydroxylation sites is 1. The van der Waals surface area contributed by atoms with E-state index < -0.39 is 11.9 Å². The Morgan fingerprint density at radius 3 is 2.70 bits per heavy atom. The average molecular weight is 334 g/mol. The normalized spacial score (nSPS) is 10.5. The molecule has 2 N–H and O–H groups in total. The summed E-state index contributed by atoms with van der Waals surface area (Å²) in [5.74, 6) is -0.437. The van der Waals surface area contributed by atoms with Crippen LogP contribution < -0.4 is 16.2 Å². The van der Waals surface area contributed by atoms with Crippen molar-refractivity contribution in [2.45, 2.75) is 25.5 Å². The molecule has 0 saturated carbocycles. The van der Waals surface area contributed by atoms with Gasteiger partial charge in [0.25, 0.3) is 5.56 Å². The van der Waals surface area contributed by atoms with Crippen molar-refractivity contribution >= 4 is 34.6 Å². The van der Waals surface area contributed by atoms with Crippen LogP contribution in [0, 0.1) is 0 Å². The van der Waals surface area contributed by atoms with Crippen LogP contribution in [-0.2, 0) is 11.3 Å². The van der Waals surface area contributed by atoms with Gasteiger partial charge in [-0.1, -0.05) is 23.9 Å². The van der Waals surface area contributed by atoms with E-state index in [1.807, 2.05) is 6.92 Å². The maximum absolute atomic E-state index is 12.4. The minimum Gasteiger partial charge on any atom is -0.338 e. The van der Waals surface area contributed by atoms with Crippen LogP contribution in [0.1, 0.15) is 13.8 Å². The minimum atomic E-state index is -0.530. The van der Waals surface area contributed by atoms with E-state index in [0.717, 1.165) is 11.8 Å². The van der Waals surface area contributed by atoms with E-state index in [-0.39, 0.29) is 11.3 Å². The summed E-state index contributed by atoms with van der Waals surface area (Å²) in [6.45, 7) is 4.50. The lowest BCUT2D eigenvalue weighted by molar-refractivity contribution is -0.117. The van der Waals surface area contributed by atoms with Crippen LogP contribution in [0.25, 0.3) is 10.9 Å². The number of imide groups is 1. The lowest BCUT2D eigenvalue weighted by Crippen LogP contribution is -2.40. The Labute approximate surface area is 137 Å². The maximum atomic E-state index is 12.4. The number of hydrogen-bond donors (Lipinski definition) is 2. The van der Waals surface area contributed by atoms with Gasteiger partial charge in [0.15, 0.2) is 5.16 Å². The number of carbonyl (C=O) groups is 2. The topological polar surface area (TPSA) is 93.1 Å². The Kier molecular flexibility index (Phi) is 5.75. The summed E-state index contributed by atoms with van der Waals surface area (Å²) in [5, 5.41) is 5.70. The van der Waals surface area contributed by atoms with Crippen LogP contribution in [0.2, 0.25) is 0 Å². The molecule has 122 valence electrons. The zero-order chi connectivity index (χ0) is 16.8. The van der Waals surface area contributed by atoms with Crippen LogP contribution in [0.5, 0.6) is 0 Å². The van der Waals surface area contributed by atoms with Crippen molar-refractivity contribution < 1.29 is 9.59 Å². The first-order valence-electron chi connectivity index (χ1n) is 7.26. The molecule has 0 saturated heterocycles. The van der Waals surface area contributed by atoms with E-state index in [2.05, 4.69) is 15.6 Å². The summed E-state index contributed by atoms with van der Waals surface area (Å²) in [6.07, 6.45) is 0. The fourth-order valence-electron chi connectivity index (χ4n) is 2.03. The number of thioether (sulfide) groups is 1. The van der Waals surface area contributed by atoms with E-state index in [1.54, 1.807) is 31.2 Å². The van der Waals surface area contributed by atoms with Gasteiger partial charge in [-0.25, -0.2) is 9.78 Å². The molecule has 1 heterocycles. The number of nitrogens with one attached hydrogen (secondary N) is 2. The molecule has 0 bridgehead atoms. The standard InChI is InChI=1S/C15H18N4O3S/c1-3-16-14(22)18-12(20)9-23-15-17-11-8-6-5-7-10(11)13(21)19(15)4-2/h5-8H,3-4,9H2,1-2H3,(H2,16,18,20,22). The molecule has 0 unspecified atom stereocenters. The number of aromatic nitrogens is 2. The number of fused-ring (bicyclic) bond motifs is 1. The van der Waals surface area contributed by atoms with E-state index in [1.165, 1.54) is 4.57 Å². The summed E-state index contributed by atoms with van der Waals surface area (Å²) in [7, 11) is 0. The molecule has 3 amide bonds. The van der Waals surface area contributed by atoms with Crippen molar-refractivity contribution in [3.05, 3.63) is 34.6 Å². The van der Waals surface area contributed by atoms with Gasteiger partial charge in [-0.05, 0) is 26.0 Å². The summed E-state index contributed by atoms with van der Waals surface area (Å²) in [5.41, 5.74) is 0.457. The van der Waals surface area contributed by atoms with Gasteiger partial charge in [0.05, 0.1) is 16.7 Å². The first-order chi connectivity index (χ1) is 11.1. The van der Waals surface area contributed by atoms with Crippen LogP contribution in [0.4, 0.5) is 4.79 Å². The van der Waals surface area contributed by atoms with Gasteiger partial charge < -0.3 is 5.32 Å². The van der Waals surface area contributed by atoms with Crippen LogP contribution >= 0.6 is 11.8 Å². The molecule has 0 aliphatic heterocycles. The number of benzene rings is 1. The molecule has 1 aromatic heterocycles. The maximum Gasteiger partial charge on any atom is 0.321 e. The summed E-state index contributed by atoms with van der Waals surface area (Å²) in [6, 6.07) is 6.56. The van der Waals surface area contributed by atoms with Crippen LogP contribution in [0.15, 0.2) is 34.2 Å². The van der Waals surface area contributed by atoms with Gasteiger partial charge in [0, 0.05) is 13.1 Å². The second-order valence-electron chi connectivity index (χ2n) is 4.66. The number of hydrogen-bond acceptors (Lipinski definition) is 5. The molecule has 0 aliphatic carbocycles. The monoisotopic (exact) mass is 334 g/mol. The molecule has 0 aliphatic rings. The van der Waals surface area contributed by atoms with Gasteiger partial charge in [0.2, 0.25) is 5.91 Å². The van der Waals surface area contributed by atoms with Gasteiger partial charge in [-0.15, -0.1) is 0 Å². The molecule has 23 heavy (non-hydrogen) atoms. The Bertz CT molecular complexity index is 788. The first-order valence-corrected chi connectivity index (χ1v) is 8.25.